The number of carbonyl (C=O) groups is 1. The zero-order chi connectivity index (χ0) is 13.3. The minimum Gasteiger partial charge on any atom is -0.468 e. The molecule has 1 aliphatic rings. The van der Waals surface area contributed by atoms with Gasteiger partial charge in [-0.1, -0.05) is 6.07 Å². The molecule has 0 aromatic heterocycles. The van der Waals surface area contributed by atoms with Crippen molar-refractivity contribution in [2.75, 3.05) is 12.9 Å². The van der Waals surface area contributed by atoms with Crippen molar-refractivity contribution in [1.82, 2.24) is 5.32 Å². The van der Waals surface area contributed by atoms with Crippen LogP contribution in [0.3, 0.4) is 0 Å². The van der Waals surface area contributed by atoms with Gasteiger partial charge in [-0.25, -0.2) is 13.2 Å². The largest absolute Gasteiger partial charge is 0.468 e. The Morgan fingerprint density at radius 3 is 2.78 bits per heavy atom. The van der Waals surface area contributed by atoms with Gasteiger partial charge >= 0.3 is 5.97 Å². The van der Waals surface area contributed by atoms with Gasteiger partial charge in [-0.2, -0.15) is 0 Å². The molecule has 3 nitrogen and oxygen atoms in total. The van der Waals surface area contributed by atoms with Crippen LogP contribution in [0.1, 0.15) is 10.9 Å². The highest BCUT2D eigenvalue weighted by atomic mass is 32.2. The van der Waals surface area contributed by atoms with E-state index in [2.05, 4.69) is 10.1 Å². The molecule has 0 radical (unpaired) electrons. The van der Waals surface area contributed by atoms with Crippen molar-refractivity contribution in [3.8, 4) is 0 Å². The van der Waals surface area contributed by atoms with Gasteiger partial charge in [-0.3, -0.25) is 10.1 Å². The van der Waals surface area contributed by atoms with Gasteiger partial charge in [0.15, 0.2) is 17.5 Å². The van der Waals surface area contributed by atoms with E-state index in [9.17, 15) is 18.0 Å². The van der Waals surface area contributed by atoms with Gasteiger partial charge in [0.2, 0.25) is 0 Å². The third kappa shape index (κ3) is 2.32. The number of carbonyl (C=O) groups excluding carboxylic acids is 1. The van der Waals surface area contributed by atoms with Crippen LogP contribution >= 0.6 is 11.8 Å². The number of esters is 1. The van der Waals surface area contributed by atoms with Crippen LogP contribution in [0.15, 0.2) is 12.1 Å². The highest BCUT2D eigenvalue weighted by molar-refractivity contribution is 7.99. The predicted molar refractivity (Wildman–Crippen MR) is 60.5 cm³/mol. The molecular formula is C11H10F3NO2S. The van der Waals surface area contributed by atoms with Crippen LogP contribution in [0.25, 0.3) is 0 Å². The van der Waals surface area contributed by atoms with Crippen LogP contribution in [-0.4, -0.2) is 24.9 Å². The molecule has 1 saturated heterocycles. The molecule has 1 aromatic rings. The Labute approximate surface area is 106 Å². The van der Waals surface area contributed by atoms with E-state index in [1.54, 1.807) is 0 Å². The Bertz CT molecular complexity index is 484. The molecule has 0 amide bonds. The Hall–Kier alpha value is -1.21. The fourth-order valence-electron chi connectivity index (χ4n) is 1.67. The van der Waals surface area contributed by atoms with Gasteiger partial charge in [-0.15, -0.1) is 11.8 Å². The zero-order valence-corrected chi connectivity index (χ0v) is 10.2. The van der Waals surface area contributed by atoms with Gasteiger partial charge < -0.3 is 4.74 Å². The molecule has 1 heterocycles. The quantitative estimate of drug-likeness (QED) is 0.662. The fourth-order valence-corrected chi connectivity index (χ4v) is 2.91. The van der Waals surface area contributed by atoms with E-state index in [1.807, 2.05) is 0 Å². The molecule has 18 heavy (non-hydrogen) atoms. The second kappa shape index (κ2) is 5.19. The number of methoxy groups -OCH3 is 1. The van der Waals surface area contributed by atoms with Crippen molar-refractivity contribution in [3.05, 3.63) is 35.1 Å². The number of halogens is 3. The zero-order valence-electron chi connectivity index (χ0n) is 9.38. The molecule has 0 spiro atoms. The van der Waals surface area contributed by atoms with E-state index >= 15 is 0 Å². The maximum Gasteiger partial charge on any atom is 0.323 e. The van der Waals surface area contributed by atoms with Gasteiger partial charge in [0, 0.05) is 11.3 Å². The van der Waals surface area contributed by atoms with Crippen molar-refractivity contribution in [1.29, 1.82) is 0 Å². The lowest BCUT2D eigenvalue weighted by atomic mass is 10.2. The maximum atomic E-state index is 13.5. The molecule has 1 N–H and O–H groups in total. The van der Waals surface area contributed by atoms with Crippen molar-refractivity contribution < 1.29 is 22.7 Å². The predicted octanol–water partition coefficient (Wildman–Crippen LogP) is 1.98. The van der Waals surface area contributed by atoms with E-state index in [0.717, 1.165) is 12.1 Å². The summed E-state index contributed by atoms with van der Waals surface area (Å²) in [4.78, 5) is 11.3. The monoisotopic (exact) mass is 277 g/mol. The molecule has 1 aliphatic heterocycles. The second-order valence-corrected chi connectivity index (χ2v) is 4.86. The lowest BCUT2D eigenvalue weighted by molar-refractivity contribution is -0.142. The third-order valence-electron chi connectivity index (χ3n) is 2.62. The number of hydrogen-bond acceptors (Lipinski definition) is 4. The summed E-state index contributed by atoms with van der Waals surface area (Å²) in [5, 5.41) is 2.21. The average Bonchev–Trinajstić information content (AvgIpc) is 2.84. The van der Waals surface area contributed by atoms with Crippen molar-refractivity contribution in [2.24, 2.45) is 0 Å². The van der Waals surface area contributed by atoms with Crippen LogP contribution < -0.4 is 5.32 Å². The van der Waals surface area contributed by atoms with Crippen molar-refractivity contribution in [2.45, 2.75) is 11.4 Å². The number of thioether (sulfide) groups is 1. The van der Waals surface area contributed by atoms with E-state index in [0.29, 0.717) is 5.75 Å². The van der Waals surface area contributed by atoms with Crippen LogP contribution in [0, 0.1) is 17.5 Å². The summed E-state index contributed by atoms with van der Waals surface area (Å²) in [6.45, 7) is 0. The standard InChI is InChI=1S/C11H10F3NO2S/c1-17-11(16)7-4-18-10(15-7)5-2-3-6(12)9(14)8(5)13/h2-3,7,10,15H,4H2,1H3/t7-,10?/m1/s1. The van der Waals surface area contributed by atoms with Gasteiger partial charge in [0.05, 0.1) is 12.5 Å². The molecule has 98 valence electrons. The number of ether oxygens (including phenoxy) is 1. The SMILES string of the molecule is COC(=O)[C@H]1CSC(c2ccc(F)c(F)c2F)N1. The van der Waals surface area contributed by atoms with Gasteiger partial charge in [0.1, 0.15) is 6.04 Å². The van der Waals surface area contributed by atoms with Crippen LogP contribution in [0.2, 0.25) is 0 Å². The summed E-state index contributed by atoms with van der Waals surface area (Å²) < 4.78 is 44.0. The fraction of sp³-hybridized carbons (Fsp3) is 0.364. The lowest BCUT2D eigenvalue weighted by Gasteiger charge is -2.13. The number of rotatable bonds is 2. The Kier molecular flexibility index (Phi) is 3.82. The molecule has 0 bridgehead atoms. The molecule has 2 rings (SSSR count). The summed E-state index contributed by atoms with van der Waals surface area (Å²) in [6.07, 6.45) is 0. The summed E-state index contributed by atoms with van der Waals surface area (Å²) in [6, 6.07) is 1.46. The van der Waals surface area contributed by atoms with E-state index < -0.39 is 34.8 Å². The van der Waals surface area contributed by atoms with Gasteiger partial charge in [-0.05, 0) is 6.07 Å². The van der Waals surface area contributed by atoms with Crippen molar-refractivity contribution in [3.63, 3.8) is 0 Å². The lowest BCUT2D eigenvalue weighted by Crippen LogP contribution is -2.35. The normalized spacial score (nSPS) is 23.1. The maximum absolute atomic E-state index is 13.5. The van der Waals surface area contributed by atoms with Crippen LogP contribution in [0.4, 0.5) is 13.2 Å². The Balaban J connectivity index is 2.20. The third-order valence-corrected chi connectivity index (χ3v) is 3.86. The minimum atomic E-state index is -1.50. The highest BCUT2D eigenvalue weighted by Gasteiger charge is 2.33. The summed E-state index contributed by atoms with van der Waals surface area (Å²) >= 11 is 1.23. The highest BCUT2D eigenvalue weighted by Crippen LogP contribution is 2.35. The van der Waals surface area contributed by atoms with E-state index in [4.69, 9.17) is 0 Å². The van der Waals surface area contributed by atoms with E-state index in [1.165, 1.54) is 18.9 Å². The first-order chi connectivity index (χ1) is 8.54. The number of hydrogen-bond donors (Lipinski definition) is 1. The smallest absolute Gasteiger partial charge is 0.323 e. The second-order valence-electron chi connectivity index (χ2n) is 3.72. The minimum absolute atomic E-state index is 0.00898. The molecule has 7 heteroatoms. The molecule has 1 aromatic carbocycles. The van der Waals surface area contributed by atoms with E-state index in [-0.39, 0.29) is 5.56 Å². The van der Waals surface area contributed by atoms with Crippen LogP contribution in [-0.2, 0) is 9.53 Å². The first kappa shape index (κ1) is 13.2. The van der Waals surface area contributed by atoms with Gasteiger partial charge in [0.25, 0.3) is 0 Å². The topological polar surface area (TPSA) is 38.3 Å². The molecule has 1 fully saturated rings. The molecule has 0 saturated carbocycles. The Morgan fingerprint density at radius 1 is 1.39 bits per heavy atom. The summed E-state index contributed by atoms with van der Waals surface area (Å²) in [7, 11) is 1.25. The Morgan fingerprint density at radius 2 is 2.11 bits per heavy atom. The molecule has 1 unspecified atom stereocenters. The number of nitrogens with one attached hydrogen (secondary N) is 1. The summed E-state index contributed by atoms with van der Waals surface area (Å²) in [5.74, 6) is -4.05. The molecular weight excluding hydrogens is 267 g/mol. The van der Waals surface area contributed by atoms with Crippen LogP contribution in [0.5, 0.6) is 0 Å². The average molecular weight is 277 g/mol. The first-order valence-corrected chi connectivity index (χ1v) is 6.18. The molecule has 0 aliphatic carbocycles. The molecule has 2 atom stereocenters. The first-order valence-electron chi connectivity index (χ1n) is 5.13. The summed E-state index contributed by atoms with van der Waals surface area (Å²) in [5.41, 5.74) is -0.00898. The van der Waals surface area contributed by atoms with Crippen molar-refractivity contribution >= 4 is 17.7 Å². The number of benzene rings is 1.